The van der Waals surface area contributed by atoms with Crippen LogP contribution in [0.5, 0.6) is 0 Å². The van der Waals surface area contributed by atoms with Crippen molar-refractivity contribution in [2.75, 3.05) is 13.1 Å². The van der Waals surface area contributed by atoms with Crippen LogP contribution in [0.4, 0.5) is 0 Å². The van der Waals surface area contributed by atoms with Gasteiger partial charge in [-0.3, -0.25) is 0 Å². The molecule has 2 aromatic rings. The molecule has 0 radical (unpaired) electrons. The Bertz CT molecular complexity index is 507. The lowest BCUT2D eigenvalue weighted by molar-refractivity contribution is 0.613. The molecular weight excluding hydrogens is 210 g/mol. The molecule has 2 N–H and O–H groups in total. The van der Waals surface area contributed by atoms with E-state index in [1.807, 2.05) is 6.92 Å². The first-order chi connectivity index (χ1) is 8.34. The molecule has 1 atom stereocenters. The van der Waals surface area contributed by atoms with E-state index in [9.17, 15) is 0 Å². The third-order valence-electron chi connectivity index (χ3n) is 3.68. The number of hydrogen-bond donors (Lipinski definition) is 2. The van der Waals surface area contributed by atoms with Gasteiger partial charge in [0.05, 0.1) is 11.0 Å². The van der Waals surface area contributed by atoms with Crippen LogP contribution < -0.4 is 5.32 Å². The van der Waals surface area contributed by atoms with E-state index in [0.29, 0.717) is 5.92 Å². The average Bonchev–Trinajstić information content (AvgIpc) is 2.55. The molecule has 0 saturated carbocycles. The number of aromatic amines is 1. The maximum atomic E-state index is 4.64. The summed E-state index contributed by atoms with van der Waals surface area (Å²) in [6.07, 6.45) is 3.77. The number of rotatable bonds is 1. The largest absolute Gasteiger partial charge is 0.342 e. The predicted molar refractivity (Wildman–Crippen MR) is 70.3 cm³/mol. The molecule has 1 fully saturated rings. The molecule has 17 heavy (non-hydrogen) atoms. The number of benzene rings is 1. The first kappa shape index (κ1) is 10.8. The number of hydrogen-bond acceptors (Lipinski definition) is 2. The van der Waals surface area contributed by atoms with E-state index in [4.69, 9.17) is 0 Å². The van der Waals surface area contributed by atoms with Crippen LogP contribution >= 0.6 is 0 Å². The molecule has 0 bridgehead atoms. The monoisotopic (exact) mass is 229 g/mol. The number of imidazole rings is 1. The summed E-state index contributed by atoms with van der Waals surface area (Å²) in [6, 6.07) is 6.51. The zero-order valence-corrected chi connectivity index (χ0v) is 10.3. The van der Waals surface area contributed by atoms with E-state index < -0.39 is 0 Å². The summed E-state index contributed by atoms with van der Waals surface area (Å²) in [5.41, 5.74) is 3.78. The number of nitrogens with zero attached hydrogens (tertiary/aromatic N) is 1. The van der Waals surface area contributed by atoms with Crippen LogP contribution in [-0.4, -0.2) is 23.1 Å². The molecule has 0 spiro atoms. The van der Waals surface area contributed by atoms with Gasteiger partial charge in [-0.1, -0.05) is 12.1 Å². The zero-order valence-electron chi connectivity index (χ0n) is 10.3. The smallest absolute Gasteiger partial charge is 0.104 e. The minimum absolute atomic E-state index is 0.663. The second-order valence-electron chi connectivity index (χ2n) is 4.94. The molecule has 1 aliphatic heterocycles. The summed E-state index contributed by atoms with van der Waals surface area (Å²) in [7, 11) is 0. The lowest BCUT2D eigenvalue weighted by atomic mass is 9.91. The van der Waals surface area contributed by atoms with Gasteiger partial charge in [0, 0.05) is 0 Å². The molecule has 1 aromatic carbocycles. The van der Waals surface area contributed by atoms with Crippen molar-refractivity contribution in [1.29, 1.82) is 0 Å². The van der Waals surface area contributed by atoms with Gasteiger partial charge in [-0.2, -0.15) is 0 Å². The van der Waals surface area contributed by atoms with Gasteiger partial charge < -0.3 is 10.3 Å². The fourth-order valence-corrected chi connectivity index (χ4v) is 2.84. The highest BCUT2D eigenvalue weighted by Gasteiger charge is 2.17. The van der Waals surface area contributed by atoms with Crippen LogP contribution in [0, 0.1) is 6.92 Å². The van der Waals surface area contributed by atoms with Gasteiger partial charge in [0.15, 0.2) is 0 Å². The average molecular weight is 229 g/mol. The minimum atomic E-state index is 0.663. The standard InChI is InChI=1S/C14H19N3/c1-10-16-13-6-2-5-12(14(13)17-10)11-4-3-8-15-9-7-11/h2,5-6,11,15H,3-4,7-9H2,1H3,(H,16,17). The third kappa shape index (κ3) is 2.07. The maximum Gasteiger partial charge on any atom is 0.104 e. The zero-order chi connectivity index (χ0) is 11.7. The van der Waals surface area contributed by atoms with Gasteiger partial charge in [0.25, 0.3) is 0 Å². The summed E-state index contributed by atoms with van der Waals surface area (Å²) in [5.74, 6) is 1.68. The highest BCUT2D eigenvalue weighted by Crippen LogP contribution is 2.30. The van der Waals surface area contributed by atoms with Crippen LogP contribution in [0.3, 0.4) is 0 Å². The van der Waals surface area contributed by atoms with Crippen molar-refractivity contribution in [2.45, 2.75) is 32.1 Å². The van der Waals surface area contributed by atoms with Crippen molar-refractivity contribution >= 4 is 11.0 Å². The van der Waals surface area contributed by atoms with E-state index in [1.54, 1.807) is 0 Å². The molecule has 1 unspecified atom stereocenters. The van der Waals surface area contributed by atoms with Crippen molar-refractivity contribution < 1.29 is 0 Å². The lowest BCUT2D eigenvalue weighted by Gasteiger charge is -2.14. The van der Waals surface area contributed by atoms with Crippen LogP contribution in [0.2, 0.25) is 0 Å². The van der Waals surface area contributed by atoms with E-state index in [-0.39, 0.29) is 0 Å². The molecule has 2 heterocycles. The van der Waals surface area contributed by atoms with Crippen molar-refractivity contribution in [2.24, 2.45) is 0 Å². The van der Waals surface area contributed by atoms with Crippen molar-refractivity contribution in [1.82, 2.24) is 15.3 Å². The molecule has 0 amide bonds. The Morgan fingerprint density at radius 3 is 3.12 bits per heavy atom. The van der Waals surface area contributed by atoms with Gasteiger partial charge in [-0.15, -0.1) is 0 Å². The first-order valence-electron chi connectivity index (χ1n) is 6.50. The highest BCUT2D eigenvalue weighted by atomic mass is 14.9. The summed E-state index contributed by atoms with van der Waals surface area (Å²) in [5, 5.41) is 3.47. The summed E-state index contributed by atoms with van der Waals surface area (Å²) in [6.45, 7) is 4.31. The van der Waals surface area contributed by atoms with Gasteiger partial charge in [-0.25, -0.2) is 4.98 Å². The van der Waals surface area contributed by atoms with Crippen molar-refractivity contribution in [3.8, 4) is 0 Å². The van der Waals surface area contributed by atoms with E-state index in [1.165, 1.54) is 35.9 Å². The number of para-hydroxylation sites is 1. The van der Waals surface area contributed by atoms with Crippen LogP contribution in [0.25, 0.3) is 11.0 Å². The Morgan fingerprint density at radius 2 is 2.18 bits per heavy atom. The third-order valence-corrected chi connectivity index (χ3v) is 3.68. The normalized spacial score (nSPS) is 21.6. The number of H-pyrrole nitrogens is 1. The van der Waals surface area contributed by atoms with Gasteiger partial charge in [0.2, 0.25) is 0 Å². The molecule has 1 aliphatic rings. The Kier molecular flexibility index (Phi) is 2.85. The number of fused-ring (bicyclic) bond motifs is 1. The maximum absolute atomic E-state index is 4.64. The Balaban J connectivity index is 2.03. The Hall–Kier alpha value is -1.35. The fourth-order valence-electron chi connectivity index (χ4n) is 2.84. The van der Waals surface area contributed by atoms with Gasteiger partial charge in [-0.05, 0) is 56.8 Å². The van der Waals surface area contributed by atoms with Crippen LogP contribution in [-0.2, 0) is 0 Å². The molecule has 3 nitrogen and oxygen atoms in total. The van der Waals surface area contributed by atoms with Crippen molar-refractivity contribution in [3.63, 3.8) is 0 Å². The van der Waals surface area contributed by atoms with E-state index >= 15 is 0 Å². The van der Waals surface area contributed by atoms with Gasteiger partial charge in [0.1, 0.15) is 5.82 Å². The Labute approximate surface area is 102 Å². The SMILES string of the molecule is Cc1nc2c(C3CCCNCC3)cccc2[nH]1. The number of aromatic nitrogens is 2. The lowest BCUT2D eigenvalue weighted by Crippen LogP contribution is -2.13. The summed E-state index contributed by atoms with van der Waals surface area (Å²) < 4.78 is 0. The number of nitrogens with one attached hydrogen (secondary N) is 2. The van der Waals surface area contributed by atoms with Crippen LogP contribution in [0.15, 0.2) is 18.2 Å². The second-order valence-corrected chi connectivity index (χ2v) is 4.94. The van der Waals surface area contributed by atoms with E-state index in [0.717, 1.165) is 18.9 Å². The van der Waals surface area contributed by atoms with Crippen LogP contribution in [0.1, 0.15) is 36.6 Å². The topological polar surface area (TPSA) is 40.7 Å². The second kappa shape index (κ2) is 4.49. The molecular formula is C14H19N3. The highest BCUT2D eigenvalue weighted by molar-refractivity contribution is 5.79. The predicted octanol–water partition coefficient (Wildman–Crippen LogP) is 2.73. The molecule has 1 aromatic heterocycles. The molecule has 1 saturated heterocycles. The van der Waals surface area contributed by atoms with Crippen molar-refractivity contribution in [3.05, 3.63) is 29.6 Å². The molecule has 90 valence electrons. The van der Waals surface area contributed by atoms with Gasteiger partial charge >= 0.3 is 0 Å². The fraction of sp³-hybridized carbons (Fsp3) is 0.500. The quantitative estimate of drug-likeness (QED) is 0.789. The molecule has 3 rings (SSSR count). The first-order valence-corrected chi connectivity index (χ1v) is 6.50. The molecule has 3 heteroatoms. The number of aryl methyl sites for hydroxylation is 1. The Morgan fingerprint density at radius 1 is 1.24 bits per heavy atom. The van der Waals surface area contributed by atoms with E-state index in [2.05, 4.69) is 33.5 Å². The molecule has 0 aliphatic carbocycles. The summed E-state index contributed by atoms with van der Waals surface area (Å²) in [4.78, 5) is 7.97. The summed E-state index contributed by atoms with van der Waals surface area (Å²) >= 11 is 0. The minimum Gasteiger partial charge on any atom is -0.342 e.